The highest BCUT2D eigenvalue weighted by molar-refractivity contribution is 5.86. The van der Waals surface area contributed by atoms with Crippen molar-refractivity contribution in [3.8, 4) is 0 Å². The zero-order valence-electron chi connectivity index (χ0n) is 13.2. The van der Waals surface area contributed by atoms with Crippen LogP contribution in [0, 0.1) is 16.0 Å². The van der Waals surface area contributed by atoms with Gasteiger partial charge in [0.2, 0.25) is 0 Å². The van der Waals surface area contributed by atoms with Crippen LogP contribution in [-0.4, -0.2) is 23.8 Å². The molecule has 0 aliphatic carbocycles. The summed E-state index contributed by atoms with van der Waals surface area (Å²) in [4.78, 5) is 23.9. The highest BCUT2D eigenvalue weighted by Gasteiger charge is 2.21. The summed E-state index contributed by atoms with van der Waals surface area (Å²) in [5.74, 6) is 0.445. The SMILES string of the molecule is CCC(CC)N(CC(C)C)c1ccc([N+](=O)[O-])cc1C=O. The van der Waals surface area contributed by atoms with Crippen molar-refractivity contribution >= 4 is 17.7 Å². The molecular formula is C16H24N2O3. The predicted octanol–water partition coefficient (Wildman–Crippen LogP) is 4.06. The van der Waals surface area contributed by atoms with E-state index in [-0.39, 0.29) is 5.69 Å². The lowest BCUT2D eigenvalue weighted by atomic mass is 10.0. The minimum Gasteiger partial charge on any atom is -0.368 e. The Bertz CT molecular complexity index is 496. The van der Waals surface area contributed by atoms with Crippen molar-refractivity contribution in [3.05, 3.63) is 33.9 Å². The van der Waals surface area contributed by atoms with Crippen LogP contribution in [0.3, 0.4) is 0 Å². The number of nitrogens with zero attached hydrogens (tertiary/aromatic N) is 2. The van der Waals surface area contributed by atoms with E-state index in [2.05, 4.69) is 32.6 Å². The monoisotopic (exact) mass is 292 g/mol. The number of nitro groups is 1. The standard InChI is InChI=1S/C16H24N2O3/c1-5-14(6-2)17(10-12(3)4)16-8-7-15(18(20)21)9-13(16)11-19/h7-9,11-12,14H,5-6,10H2,1-4H3. The average molecular weight is 292 g/mol. The number of non-ortho nitro benzene ring substituents is 1. The molecule has 1 aromatic carbocycles. The number of hydrogen-bond acceptors (Lipinski definition) is 4. The van der Waals surface area contributed by atoms with E-state index in [0.717, 1.165) is 25.1 Å². The summed E-state index contributed by atoms with van der Waals surface area (Å²) in [7, 11) is 0. The molecule has 0 heterocycles. The van der Waals surface area contributed by atoms with Crippen LogP contribution in [0.1, 0.15) is 50.9 Å². The minimum absolute atomic E-state index is 0.0464. The van der Waals surface area contributed by atoms with E-state index in [4.69, 9.17) is 0 Å². The van der Waals surface area contributed by atoms with Gasteiger partial charge in [0, 0.05) is 36.0 Å². The first-order valence-corrected chi connectivity index (χ1v) is 7.44. The summed E-state index contributed by atoms with van der Waals surface area (Å²) in [5, 5.41) is 10.9. The molecule has 0 saturated heterocycles. The van der Waals surface area contributed by atoms with Crippen LogP contribution in [0.4, 0.5) is 11.4 Å². The van der Waals surface area contributed by atoms with Crippen LogP contribution in [-0.2, 0) is 0 Å². The molecule has 21 heavy (non-hydrogen) atoms. The topological polar surface area (TPSA) is 63.4 Å². The summed E-state index contributed by atoms with van der Waals surface area (Å²) in [6.45, 7) is 9.31. The third kappa shape index (κ3) is 4.28. The molecule has 0 radical (unpaired) electrons. The lowest BCUT2D eigenvalue weighted by Gasteiger charge is -2.35. The number of aldehydes is 1. The lowest BCUT2D eigenvalue weighted by molar-refractivity contribution is -0.384. The van der Waals surface area contributed by atoms with E-state index in [1.165, 1.54) is 12.1 Å². The van der Waals surface area contributed by atoms with Crippen molar-refractivity contribution in [2.45, 2.75) is 46.6 Å². The molecule has 0 amide bonds. The van der Waals surface area contributed by atoms with Gasteiger partial charge in [-0.15, -0.1) is 0 Å². The first-order chi connectivity index (χ1) is 9.94. The molecule has 0 atom stereocenters. The fraction of sp³-hybridized carbons (Fsp3) is 0.562. The third-order valence-electron chi connectivity index (χ3n) is 3.60. The predicted molar refractivity (Wildman–Crippen MR) is 85.0 cm³/mol. The number of rotatable bonds is 8. The molecule has 0 spiro atoms. The van der Waals surface area contributed by atoms with Gasteiger partial charge in [-0.1, -0.05) is 27.7 Å². The van der Waals surface area contributed by atoms with Crippen LogP contribution in [0.15, 0.2) is 18.2 Å². The molecule has 5 heteroatoms. The maximum Gasteiger partial charge on any atom is 0.270 e. The van der Waals surface area contributed by atoms with Gasteiger partial charge in [0.1, 0.15) is 0 Å². The van der Waals surface area contributed by atoms with Crippen LogP contribution in [0.2, 0.25) is 0 Å². The number of carbonyl (C=O) groups excluding carboxylic acids is 1. The highest BCUT2D eigenvalue weighted by Crippen LogP contribution is 2.28. The molecule has 116 valence electrons. The molecule has 0 fully saturated rings. The Balaban J connectivity index is 3.28. The number of hydrogen-bond donors (Lipinski definition) is 0. The second-order valence-electron chi connectivity index (χ2n) is 5.63. The molecule has 0 aromatic heterocycles. The second kappa shape index (κ2) is 7.76. The maximum atomic E-state index is 11.3. The normalized spacial score (nSPS) is 11.0. The average Bonchev–Trinajstić information content (AvgIpc) is 2.46. The van der Waals surface area contributed by atoms with E-state index < -0.39 is 4.92 Å². The molecule has 0 aliphatic rings. The Morgan fingerprint density at radius 3 is 2.33 bits per heavy atom. The summed E-state index contributed by atoms with van der Waals surface area (Å²) in [5.41, 5.74) is 1.13. The zero-order valence-corrected chi connectivity index (χ0v) is 13.2. The Labute approximate surface area is 126 Å². The Hall–Kier alpha value is -1.91. The second-order valence-corrected chi connectivity index (χ2v) is 5.63. The third-order valence-corrected chi connectivity index (χ3v) is 3.60. The molecule has 0 bridgehead atoms. The van der Waals surface area contributed by atoms with E-state index >= 15 is 0 Å². The molecular weight excluding hydrogens is 268 g/mol. The van der Waals surface area contributed by atoms with Gasteiger partial charge in [-0.25, -0.2) is 0 Å². The Kier molecular flexibility index (Phi) is 6.34. The lowest BCUT2D eigenvalue weighted by Crippen LogP contribution is -2.38. The van der Waals surface area contributed by atoms with E-state index in [0.29, 0.717) is 23.8 Å². The van der Waals surface area contributed by atoms with E-state index in [1.54, 1.807) is 6.07 Å². The van der Waals surface area contributed by atoms with Gasteiger partial charge < -0.3 is 4.90 Å². The van der Waals surface area contributed by atoms with Gasteiger partial charge in [0.05, 0.1) is 4.92 Å². The molecule has 0 aliphatic heterocycles. The number of benzene rings is 1. The van der Waals surface area contributed by atoms with Crippen molar-refractivity contribution in [1.29, 1.82) is 0 Å². The maximum absolute atomic E-state index is 11.3. The Morgan fingerprint density at radius 2 is 1.90 bits per heavy atom. The molecule has 0 N–H and O–H groups in total. The van der Waals surface area contributed by atoms with Crippen molar-refractivity contribution in [1.82, 2.24) is 0 Å². The molecule has 0 unspecified atom stereocenters. The van der Waals surface area contributed by atoms with Gasteiger partial charge in [-0.05, 0) is 24.8 Å². The van der Waals surface area contributed by atoms with Crippen LogP contribution >= 0.6 is 0 Å². The summed E-state index contributed by atoms with van der Waals surface area (Å²) < 4.78 is 0. The first-order valence-electron chi connectivity index (χ1n) is 7.44. The molecule has 5 nitrogen and oxygen atoms in total. The van der Waals surface area contributed by atoms with Crippen molar-refractivity contribution in [2.24, 2.45) is 5.92 Å². The molecule has 1 rings (SSSR count). The van der Waals surface area contributed by atoms with Crippen molar-refractivity contribution in [2.75, 3.05) is 11.4 Å². The van der Waals surface area contributed by atoms with Gasteiger partial charge in [0.25, 0.3) is 5.69 Å². The fourth-order valence-electron chi connectivity index (χ4n) is 2.58. The van der Waals surface area contributed by atoms with Gasteiger partial charge in [-0.3, -0.25) is 14.9 Å². The Morgan fingerprint density at radius 1 is 1.29 bits per heavy atom. The van der Waals surface area contributed by atoms with Crippen molar-refractivity contribution in [3.63, 3.8) is 0 Å². The smallest absolute Gasteiger partial charge is 0.270 e. The van der Waals surface area contributed by atoms with E-state index in [9.17, 15) is 14.9 Å². The highest BCUT2D eigenvalue weighted by atomic mass is 16.6. The quantitative estimate of drug-likeness (QED) is 0.412. The summed E-state index contributed by atoms with van der Waals surface area (Å²) in [6.07, 6.45) is 2.65. The van der Waals surface area contributed by atoms with Crippen LogP contribution < -0.4 is 4.90 Å². The summed E-state index contributed by atoms with van der Waals surface area (Å²) >= 11 is 0. The van der Waals surface area contributed by atoms with Crippen LogP contribution in [0.25, 0.3) is 0 Å². The van der Waals surface area contributed by atoms with Gasteiger partial charge in [0.15, 0.2) is 6.29 Å². The van der Waals surface area contributed by atoms with E-state index in [1.807, 2.05) is 0 Å². The van der Waals surface area contributed by atoms with Crippen LogP contribution in [0.5, 0.6) is 0 Å². The number of anilines is 1. The largest absolute Gasteiger partial charge is 0.368 e. The minimum atomic E-state index is -0.472. The molecule has 0 saturated carbocycles. The fourth-order valence-corrected chi connectivity index (χ4v) is 2.58. The van der Waals surface area contributed by atoms with Crippen molar-refractivity contribution < 1.29 is 9.72 Å². The summed E-state index contributed by atoms with van der Waals surface area (Å²) in [6, 6.07) is 4.85. The molecule has 1 aromatic rings. The number of nitro benzene ring substituents is 1. The van der Waals surface area contributed by atoms with Gasteiger partial charge >= 0.3 is 0 Å². The first kappa shape index (κ1) is 17.1. The van der Waals surface area contributed by atoms with Gasteiger partial charge in [-0.2, -0.15) is 0 Å². The zero-order chi connectivity index (χ0) is 16.0. The number of carbonyl (C=O) groups is 1.